The Morgan fingerprint density at radius 1 is 1.22 bits per heavy atom. The fraction of sp³-hybridized carbons (Fsp3) is 0.182. The smallest absolute Gasteiger partial charge is 0.282 e. The van der Waals surface area contributed by atoms with Gasteiger partial charge in [-0.15, -0.1) is 5.10 Å². The second-order valence-electron chi connectivity index (χ2n) is 3.71. The van der Waals surface area contributed by atoms with Gasteiger partial charge in [0.15, 0.2) is 5.69 Å². The molecule has 0 atom stereocenters. The van der Waals surface area contributed by atoms with Gasteiger partial charge in [0.25, 0.3) is 5.78 Å². The topological polar surface area (TPSA) is 47.8 Å². The summed E-state index contributed by atoms with van der Waals surface area (Å²) in [4.78, 5) is 10.9. The number of Topliss-reactive ketones (excluding diaryl/α,β-unsaturated/α-hetero) is 1. The van der Waals surface area contributed by atoms with E-state index in [0.717, 1.165) is 16.4 Å². The molecule has 4 nitrogen and oxygen atoms in total. The molecule has 0 saturated carbocycles. The molecule has 0 amide bonds. The second-order valence-corrected chi connectivity index (χ2v) is 3.71. The molecule has 0 fully saturated rings. The van der Waals surface area contributed by atoms with Crippen molar-refractivity contribution >= 4 is 5.78 Å². The van der Waals surface area contributed by atoms with Gasteiger partial charge in [-0.25, -0.2) is 4.68 Å². The van der Waals surface area contributed by atoms with Gasteiger partial charge in [-0.1, -0.05) is 22.9 Å². The number of carbonyl (C=O) groups excluding carboxylic acids is 1. The monoisotopic (exact) mass is 255 g/mol. The largest absolute Gasteiger partial charge is 0.456 e. The van der Waals surface area contributed by atoms with Crippen molar-refractivity contribution in [2.75, 3.05) is 0 Å². The van der Waals surface area contributed by atoms with Crippen LogP contribution in [0.5, 0.6) is 0 Å². The Morgan fingerprint density at radius 3 is 2.39 bits per heavy atom. The predicted octanol–water partition coefficient (Wildman–Crippen LogP) is 2.32. The summed E-state index contributed by atoms with van der Waals surface area (Å²) in [7, 11) is 0. The van der Waals surface area contributed by atoms with Gasteiger partial charge in [0.05, 0.1) is 11.9 Å². The van der Waals surface area contributed by atoms with Crippen molar-refractivity contribution in [3.8, 4) is 5.69 Å². The normalized spacial score (nSPS) is 11.6. The number of alkyl halides is 3. The number of benzene rings is 1. The molecule has 0 radical (unpaired) electrons. The van der Waals surface area contributed by atoms with Crippen LogP contribution in [-0.4, -0.2) is 27.0 Å². The third kappa shape index (κ3) is 2.39. The highest BCUT2D eigenvalue weighted by molar-refractivity contribution is 5.98. The Bertz CT molecular complexity index is 572. The number of aryl methyl sites for hydroxylation is 1. The SMILES string of the molecule is Cc1ccc(-n2cc(C(=O)C(F)(F)F)nn2)cc1. The predicted molar refractivity (Wildman–Crippen MR) is 56.5 cm³/mol. The maximum Gasteiger partial charge on any atom is 0.456 e. The third-order valence-electron chi connectivity index (χ3n) is 2.28. The first-order valence-corrected chi connectivity index (χ1v) is 4.99. The number of nitrogens with zero attached hydrogens (tertiary/aromatic N) is 3. The van der Waals surface area contributed by atoms with Crippen LogP contribution >= 0.6 is 0 Å². The molecule has 94 valence electrons. The van der Waals surface area contributed by atoms with E-state index in [0.29, 0.717) is 5.69 Å². The van der Waals surface area contributed by atoms with E-state index in [2.05, 4.69) is 10.3 Å². The van der Waals surface area contributed by atoms with Crippen LogP contribution in [0.25, 0.3) is 5.69 Å². The van der Waals surface area contributed by atoms with Gasteiger partial charge in [0.2, 0.25) is 0 Å². The molecule has 0 bridgehead atoms. The Hall–Kier alpha value is -2.18. The zero-order valence-electron chi connectivity index (χ0n) is 9.27. The molecule has 7 heteroatoms. The average molecular weight is 255 g/mol. The van der Waals surface area contributed by atoms with E-state index in [1.54, 1.807) is 24.3 Å². The molecule has 1 aromatic carbocycles. The van der Waals surface area contributed by atoms with Crippen LogP contribution in [-0.2, 0) is 0 Å². The van der Waals surface area contributed by atoms with E-state index in [4.69, 9.17) is 0 Å². The number of hydrogen-bond acceptors (Lipinski definition) is 3. The number of rotatable bonds is 2. The van der Waals surface area contributed by atoms with Crippen molar-refractivity contribution in [1.29, 1.82) is 0 Å². The summed E-state index contributed by atoms with van der Waals surface area (Å²) >= 11 is 0. The fourth-order valence-electron chi connectivity index (χ4n) is 1.34. The molecule has 0 unspecified atom stereocenters. The minimum atomic E-state index is -4.94. The van der Waals surface area contributed by atoms with Crippen molar-refractivity contribution in [1.82, 2.24) is 15.0 Å². The Balaban J connectivity index is 2.31. The van der Waals surface area contributed by atoms with Gasteiger partial charge in [0, 0.05) is 0 Å². The summed E-state index contributed by atoms with van der Waals surface area (Å²) in [5.41, 5.74) is 0.822. The Kier molecular flexibility index (Phi) is 2.90. The fourth-order valence-corrected chi connectivity index (χ4v) is 1.34. The van der Waals surface area contributed by atoms with Crippen LogP contribution in [0.15, 0.2) is 30.5 Å². The van der Waals surface area contributed by atoms with Gasteiger partial charge >= 0.3 is 6.18 Å². The lowest BCUT2D eigenvalue weighted by atomic mass is 10.2. The minimum absolute atomic E-state index is 0.536. The number of halogens is 3. The van der Waals surface area contributed by atoms with E-state index in [9.17, 15) is 18.0 Å². The van der Waals surface area contributed by atoms with E-state index in [-0.39, 0.29) is 0 Å². The van der Waals surface area contributed by atoms with Gasteiger partial charge in [0.1, 0.15) is 0 Å². The molecule has 1 heterocycles. The van der Waals surface area contributed by atoms with Crippen LogP contribution in [0, 0.1) is 6.92 Å². The van der Waals surface area contributed by atoms with E-state index >= 15 is 0 Å². The first-order chi connectivity index (χ1) is 8.38. The lowest BCUT2D eigenvalue weighted by Crippen LogP contribution is -2.23. The molecule has 0 aliphatic carbocycles. The van der Waals surface area contributed by atoms with Crippen LogP contribution in [0.2, 0.25) is 0 Å². The minimum Gasteiger partial charge on any atom is -0.282 e. The number of hydrogen-bond donors (Lipinski definition) is 0. The molecule has 0 aliphatic heterocycles. The summed E-state index contributed by atoms with van der Waals surface area (Å²) in [6.07, 6.45) is -3.98. The first kappa shape index (κ1) is 12.3. The van der Waals surface area contributed by atoms with Crippen LogP contribution in [0.4, 0.5) is 13.2 Å². The zero-order valence-corrected chi connectivity index (χ0v) is 9.27. The van der Waals surface area contributed by atoms with Crippen molar-refractivity contribution in [2.24, 2.45) is 0 Å². The molecule has 18 heavy (non-hydrogen) atoms. The first-order valence-electron chi connectivity index (χ1n) is 4.99. The average Bonchev–Trinajstić information content (AvgIpc) is 2.77. The Labute approximate surface area is 100 Å². The van der Waals surface area contributed by atoms with Crippen LogP contribution in [0.3, 0.4) is 0 Å². The lowest BCUT2D eigenvalue weighted by Gasteiger charge is -2.01. The highest BCUT2D eigenvalue weighted by Gasteiger charge is 2.41. The van der Waals surface area contributed by atoms with Crippen molar-refractivity contribution < 1.29 is 18.0 Å². The second kappa shape index (κ2) is 4.25. The molecule has 0 saturated heterocycles. The summed E-state index contributed by atoms with van der Waals surface area (Å²) < 4.78 is 37.6. The molecule has 2 rings (SSSR count). The third-order valence-corrected chi connectivity index (χ3v) is 2.28. The number of ketones is 1. The summed E-state index contributed by atoms with van der Waals surface area (Å²) in [6.45, 7) is 1.88. The van der Waals surface area contributed by atoms with Crippen LogP contribution in [0.1, 0.15) is 16.1 Å². The zero-order chi connectivity index (χ0) is 13.3. The lowest BCUT2D eigenvalue weighted by molar-refractivity contribution is -0.0888. The molecule has 2 aromatic rings. The molecule has 0 spiro atoms. The van der Waals surface area contributed by atoms with Crippen LogP contribution < -0.4 is 0 Å². The molecule has 0 N–H and O–H groups in total. The van der Waals surface area contributed by atoms with Crippen molar-refractivity contribution in [2.45, 2.75) is 13.1 Å². The van der Waals surface area contributed by atoms with E-state index < -0.39 is 17.7 Å². The maximum atomic E-state index is 12.2. The molecule has 0 aliphatic rings. The van der Waals surface area contributed by atoms with Crippen molar-refractivity contribution in [3.63, 3.8) is 0 Å². The summed E-state index contributed by atoms with van der Waals surface area (Å²) in [6, 6.07) is 6.91. The summed E-state index contributed by atoms with van der Waals surface area (Å²) in [5, 5.41) is 6.72. The van der Waals surface area contributed by atoms with Gasteiger partial charge in [-0.2, -0.15) is 13.2 Å². The highest BCUT2D eigenvalue weighted by Crippen LogP contribution is 2.20. The Morgan fingerprint density at radius 2 is 1.83 bits per heavy atom. The van der Waals surface area contributed by atoms with E-state index in [1.807, 2.05) is 6.92 Å². The highest BCUT2D eigenvalue weighted by atomic mass is 19.4. The molecule has 1 aromatic heterocycles. The van der Waals surface area contributed by atoms with Crippen molar-refractivity contribution in [3.05, 3.63) is 41.7 Å². The van der Waals surface area contributed by atoms with E-state index in [1.165, 1.54) is 0 Å². The quantitative estimate of drug-likeness (QED) is 0.774. The maximum absolute atomic E-state index is 12.2. The summed E-state index contributed by atoms with van der Waals surface area (Å²) in [5.74, 6) is -2.00. The molecular weight excluding hydrogens is 247 g/mol. The van der Waals surface area contributed by atoms with Gasteiger partial charge in [-0.05, 0) is 19.1 Å². The molecular formula is C11H8F3N3O. The van der Waals surface area contributed by atoms with Gasteiger partial charge in [-0.3, -0.25) is 4.79 Å². The number of aromatic nitrogens is 3. The van der Waals surface area contributed by atoms with Gasteiger partial charge < -0.3 is 0 Å². The number of carbonyl (C=O) groups is 1. The standard InChI is InChI=1S/C11H8F3N3O/c1-7-2-4-8(5-3-7)17-6-9(15-16-17)10(18)11(12,13)14/h2-6H,1H3.